The van der Waals surface area contributed by atoms with Gasteiger partial charge in [-0.15, -0.1) is 11.3 Å². The monoisotopic (exact) mass is 427 g/mol. The Morgan fingerprint density at radius 3 is 2.40 bits per heavy atom. The van der Waals surface area contributed by atoms with Gasteiger partial charge in [0.05, 0.1) is 19.9 Å². The molecule has 0 saturated carbocycles. The Balaban J connectivity index is 2.29. The van der Waals surface area contributed by atoms with Crippen LogP contribution in [0, 0.1) is 0 Å². The fraction of sp³-hybridized carbons (Fsp3) is 0.0833. The fourth-order valence-corrected chi connectivity index (χ4v) is 3.41. The van der Waals surface area contributed by atoms with Gasteiger partial charge in [0.15, 0.2) is 0 Å². The van der Waals surface area contributed by atoms with Crippen LogP contribution < -0.4 is 5.32 Å². The van der Waals surface area contributed by atoms with Crippen LogP contribution in [0.25, 0.3) is 0 Å². The van der Waals surface area contributed by atoms with E-state index in [1.807, 2.05) is 0 Å². The summed E-state index contributed by atoms with van der Waals surface area (Å²) in [7, 11) is 0. The SMILES string of the molecule is O=C(Nc1ccccc1C(F)(F)F)c1cc(Br)c(Br)s1. The first-order valence-corrected chi connectivity index (χ1v) is 7.61. The first-order valence-electron chi connectivity index (χ1n) is 5.21. The number of rotatable bonds is 2. The van der Waals surface area contributed by atoms with Crippen LogP contribution in [0.4, 0.5) is 18.9 Å². The number of hydrogen-bond acceptors (Lipinski definition) is 2. The maximum Gasteiger partial charge on any atom is 0.418 e. The van der Waals surface area contributed by atoms with Gasteiger partial charge < -0.3 is 5.32 Å². The van der Waals surface area contributed by atoms with Gasteiger partial charge in [-0.25, -0.2) is 0 Å². The van der Waals surface area contributed by atoms with Crippen molar-refractivity contribution in [2.24, 2.45) is 0 Å². The normalized spacial score (nSPS) is 11.4. The molecule has 0 bridgehead atoms. The van der Waals surface area contributed by atoms with Crippen molar-refractivity contribution in [3.8, 4) is 0 Å². The van der Waals surface area contributed by atoms with E-state index in [2.05, 4.69) is 37.2 Å². The van der Waals surface area contributed by atoms with Gasteiger partial charge in [0, 0.05) is 4.47 Å². The molecule has 0 radical (unpaired) electrons. The second-order valence-corrected chi connectivity index (χ2v) is 6.95. The number of hydrogen-bond donors (Lipinski definition) is 1. The van der Waals surface area contributed by atoms with Gasteiger partial charge in [0.2, 0.25) is 0 Å². The van der Waals surface area contributed by atoms with Crippen molar-refractivity contribution in [3.05, 3.63) is 49.0 Å². The maximum atomic E-state index is 12.8. The zero-order valence-electron chi connectivity index (χ0n) is 9.59. The van der Waals surface area contributed by atoms with Crippen molar-refractivity contribution in [2.75, 3.05) is 5.32 Å². The molecule has 1 aromatic carbocycles. The summed E-state index contributed by atoms with van der Waals surface area (Å²) in [5, 5.41) is 2.28. The second kappa shape index (κ2) is 5.87. The summed E-state index contributed by atoms with van der Waals surface area (Å²) in [6.45, 7) is 0. The lowest BCUT2D eigenvalue weighted by molar-refractivity contribution is -0.136. The Hall–Kier alpha value is -0.860. The van der Waals surface area contributed by atoms with Crippen LogP contribution in [0.2, 0.25) is 0 Å². The second-order valence-electron chi connectivity index (χ2n) is 3.73. The molecular weight excluding hydrogens is 423 g/mol. The van der Waals surface area contributed by atoms with Crippen LogP contribution in [0.1, 0.15) is 15.2 Å². The van der Waals surface area contributed by atoms with Gasteiger partial charge in [0.1, 0.15) is 0 Å². The molecule has 20 heavy (non-hydrogen) atoms. The summed E-state index contributed by atoms with van der Waals surface area (Å²) in [6.07, 6.45) is -4.51. The molecule has 1 N–H and O–H groups in total. The number of carbonyl (C=O) groups excluding carboxylic acids is 1. The number of para-hydroxylation sites is 1. The lowest BCUT2D eigenvalue weighted by Gasteiger charge is -2.12. The van der Waals surface area contributed by atoms with E-state index in [9.17, 15) is 18.0 Å². The third kappa shape index (κ3) is 3.42. The van der Waals surface area contributed by atoms with Gasteiger partial charge in [-0.2, -0.15) is 13.2 Å². The van der Waals surface area contributed by atoms with Gasteiger partial charge in [0.25, 0.3) is 5.91 Å². The number of alkyl halides is 3. The molecule has 0 aliphatic heterocycles. The number of thiophene rings is 1. The minimum atomic E-state index is -4.51. The number of benzene rings is 1. The van der Waals surface area contributed by atoms with Gasteiger partial charge >= 0.3 is 6.18 Å². The largest absolute Gasteiger partial charge is 0.418 e. The molecule has 0 saturated heterocycles. The quantitative estimate of drug-likeness (QED) is 0.668. The van der Waals surface area contributed by atoms with E-state index in [0.29, 0.717) is 13.1 Å². The van der Waals surface area contributed by atoms with Crippen molar-refractivity contribution in [2.45, 2.75) is 6.18 Å². The van der Waals surface area contributed by atoms with Crippen molar-refractivity contribution in [1.82, 2.24) is 0 Å². The first kappa shape index (κ1) is 15.5. The highest BCUT2D eigenvalue weighted by atomic mass is 79.9. The molecule has 2 rings (SSSR count). The third-order valence-corrected chi connectivity index (χ3v) is 5.60. The molecule has 1 aromatic heterocycles. The molecule has 2 nitrogen and oxygen atoms in total. The van der Waals surface area contributed by atoms with Crippen LogP contribution in [0.15, 0.2) is 38.6 Å². The Morgan fingerprint density at radius 2 is 1.85 bits per heavy atom. The smallest absolute Gasteiger partial charge is 0.321 e. The van der Waals surface area contributed by atoms with Crippen LogP contribution in [-0.2, 0) is 6.18 Å². The standard InChI is InChI=1S/C12H6Br2F3NOS/c13-7-5-9(20-10(7)14)11(19)18-8-4-2-1-3-6(8)12(15,16)17/h1-5H,(H,18,19). The van der Waals surface area contributed by atoms with E-state index in [0.717, 1.165) is 17.4 Å². The van der Waals surface area contributed by atoms with Crippen LogP contribution in [0.5, 0.6) is 0 Å². The highest BCUT2D eigenvalue weighted by Gasteiger charge is 2.33. The Bertz CT molecular complexity index is 635. The summed E-state index contributed by atoms with van der Waals surface area (Å²) in [5.41, 5.74) is -1.13. The average molecular weight is 429 g/mol. The zero-order chi connectivity index (χ0) is 14.9. The van der Waals surface area contributed by atoms with Crippen molar-refractivity contribution in [3.63, 3.8) is 0 Å². The maximum absolute atomic E-state index is 12.8. The summed E-state index contributed by atoms with van der Waals surface area (Å²) in [6, 6.07) is 6.40. The number of anilines is 1. The molecular formula is C12H6Br2F3NOS. The lowest BCUT2D eigenvalue weighted by atomic mass is 10.1. The summed E-state index contributed by atoms with van der Waals surface area (Å²) in [4.78, 5) is 12.3. The van der Waals surface area contributed by atoms with E-state index in [-0.39, 0.29) is 5.69 Å². The van der Waals surface area contributed by atoms with Crippen molar-refractivity contribution in [1.29, 1.82) is 0 Å². The fourth-order valence-electron chi connectivity index (χ4n) is 1.48. The predicted molar refractivity (Wildman–Crippen MR) is 79.1 cm³/mol. The number of carbonyl (C=O) groups is 1. The Morgan fingerprint density at radius 1 is 1.20 bits per heavy atom. The van der Waals surface area contributed by atoms with E-state index in [1.54, 1.807) is 6.07 Å². The van der Waals surface area contributed by atoms with Crippen LogP contribution in [-0.4, -0.2) is 5.91 Å². The molecule has 2 aromatic rings. The minimum absolute atomic E-state index is 0.259. The van der Waals surface area contributed by atoms with Gasteiger partial charge in [-0.3, -0.25) is 4.79 Å². The predicted octanol–water partition coefficient (Wildman–Crippen LogP) is 5.54. The zero-order valence-corrected chi connectivity index (χ0v) is 13.6. The van der Waals surface area contributed by atoms with Crippen LogP contribution >= 0.6 is 43.2 Å². The minimum Gasteiger partial charge on any atom is -0.321 e. The summed E-state index contributed by atoms with van der Waals surface area (Å²) in [5.74, 6) is -0.585. The molecule has 8 heteroatoms. The van der Waals surface area contributed by atoms with Crippen LogP contribution in [0.3, 0.4) is 0 Å². The van der Waals surface area contributed by atoms with E-state index in [4.69, 9.17) is 0 Å². The van der Waals surface area contributed by atoms with Gasteiger partial charge in [-0.1, -0.05) is 12.1 Å². The molecule has 0 fully saturated rings. The summed E-state index contributed by atoms with van der Waals surface area (Å²) >= 11 is 7.58. The number of halogens is 5. The number of amides is 1. The highest BCUT2D eigenvalue weighted by Crippen LogP contribution is 2.36. The first-order chi connectivity index (χ1) is 9.29. The molecule has 106 valence electrons. The molecule has 1 amide bonds. The number of nitrogens with one attached hydrogen (secondary N) is 1. The average Bonchev–Trinajstić information content (AvgIpc) is 2.69. The third-order valence-electron chi connectivity index (χ3n) is 2.35. The molecule has 0 aliphatic carbocycles. The van der Waals surface area contributed by atoms with Gasteiger partial charge in [-0.05, 0) is 50.1 Å². The van der Waals surface area contributed by atoms with E-state index in [1.165, 1.54) is 18.2 Å². The van der Waals surface area contributed by atoms with E-state index >= 15 is 0 Å². The Labute approximate surface area is 133 Å². The summed E-state index contributed by atoms with van der Waals surface area (Å²) < 4.78 is 39.8. The molecule has 0 atom stereocenters. The topological polar surface area (TPSA) is 29.1 Å². The van der Waals surface area contributed by atoms with E-state index < -0.39 is 17.6 Å². The lowest BCUT2D eigenvalue weighted by Crippen LogP contribution is -2.15. The molecule has 0 spiro atoms. The highest BCUT2D eigenvalue weighted by molar-refractivity contribution is 9.13. The van der Waals surface area contributed by atoms with Crippen molar-refractivity contribution < 1.29 is 18.0 Å². The van der Waals surface area contributed by atoms with Crippen molar-refractivity contribution >= 4 is 54.8 Å². The molecule has 0 aliphatic rings. The molecule has 1 heterocycles. The Kier molecular flexibility index (Phi) is 4.55. The molecule has 0 unspecified atom stereocenters.